The molecule has 3 heteroatoms. The highest BCUT2D eigenvalue weighted by Crippen LogP contribution is 2.36. The Labute approximate surface area is 93.9 Å². The number of aryl methyl sites for hydroxylation is 1. The number of hydrogen-bond donors (Lipinski definition) is 0. The van der Waals surface area contributed by atoms with E-state index in [0.29, 0.717) is 5.92 Å². The molecule has 0 aliphatic rings. The quantitative estimate of drug-likeness (QED) is 0.646. The smallest absolute Gasteiger partial charge is 0.0960 e. The Morgan fingerprint density at radius 3 is 2.46 bits per heavy atom. The fourth-order valence-corrected chi connectivity index (χ4v) is 2.93. The van der Waals surface area contributed by atoms with E-state index in [2.05, 4.69) is 19.9 Å². The minimum absolute atomic E-state index is 0.121. The van der Waals surface area contributed by atoms with Gasteiger partial charge in [-0.15, -0.1) is 22.9 Å². The molecule has 0 saturated heterocycles. The second-order valence-corrected chi connectivity index (χ2v) is 5.92. The molecule has 0 amide bonds. The monoisotopic (exact) mass is 236 g/mol. The average molecular weight is 237 g/mol. The maximum absolute atomic E-state index is 6.24. The predicted molar refractivity (Wildman–Crippen MR) is 62.1 cm³/mol. The average Bonchev–Trinajstić information content (AvgIpc) is 2.31. The van der Waals surface area contributed by atoms with Gasteiger partial charge in [0.2, 0.25) is 0 Å². The van der Waals surface area contributed by atoms with Gasteiger partial charge in [-0.3, -0.25) is 0 Å². The van der Waals surface area contributed by atoms with Gasteiger partial charge in [0.1, 0.15) is 0 Å². The van der Waals surface area contributed by atoms with E-state index < -0.39 is 0 Å². The molecule has 0 fully saturated rings. The van der Waals surface area contributed by atoms with Gasteiger partial charge in [0.25, 0.3) is 0 Å². The number of alkyl halides is 1. The Bertz CT molecular complexity index is 259. The van der Waals surface area contributed by atoms with Crippen molar-refractivity contribution >= 4 is 34.5 Å². The molecular formula is C10H14Cl2S. The van der Waals surface area contributed by atoms with Gasteiger partial charge in [0, 0.05) is 4.88 Å². The lowest BCUT2D eigenvalue weighted by Crippen LogP contribution is -1.93. The summed E-state index contributed by atoms with van der Waals surface area (Å²) in [4.78, 5) is 1.19. The van der Waals surface area contributed by atoms with Gasteiger partial charge in [0.15, 0.2) is 0 Å². The molecule has 0 nitrogen and oxygen atoms in total. The van der Waals surface area contributed by atoms with Gasteiger partial charge in [0.05, 0.1) is 9.71 Å². The number of halogens is 2. The fourth-order valence-electron chi connectivity index (χ4n) is 1.17. The lowest BCUT2D eigenvalue weighted by atomic mass is 10.1. The highest BCUT2D eigenvalue weighted by atomic mass is 35.5. The highest BCUT2D eigenvalue weighted by Gasteiger charge is 2.13. The van der Waals surface area contributed by atoms with Gasteiger partial charge in [-0.2, -0.15) is 0 Å². The molecule has 0 bridgehead atoms. The van der Waals surface area contributed by atoms with E-state index in [0.717, 1.165) is 16.3 Å². The maximum atomic E-state index is 6.24. The van der Waals surface area contributed by atoms with Crippen molar-refractivity contribution in [1.29, 1.82) is 0 Å². The van der Waals surface area contributed by atoms with Crippen LogP contribution >= 0.6 is 34.5 Å². The van der Waals surface area contributed by atoms with Crippen molar-refractivity contribution in [2.75, 3.05) is 0 Å². The lowest BCUT2D eigenvalue weighted by Gasteiger charge is -2.09. The fraction of sp³-hybridized carbons (Fsp3) is 0.600. The van der Waals surface area contributed by atoms with Gasteiger partial charge in [-0.25, -0.2) is 0 Å². The van der Waals surface area contributed by atoms with Crippen LogP contribution in [-0.2, 0) is 0 Å². The molecule has 0 N–H and O–H groups in total. The van der Waals surface area contributed by atoms with E-state index in [4.69, 9.17) is 23.2 Å². The molecule has 1 unspecified atom stereocenters. The van der Waals surface area contributed by atoms with Crippen molar-refractivity contribution in [3.8, 4) is 0 Å². The number of hydrogen-bond acceptors (Lipinski definition) is 1. The summed E-state index contributed by atoms with van der Waals surface area (Å²) in [7, 11) is 0. The summed E-state index contributed by atoms with van der Waals surface area (Å²) in [6.07, 6.45) is 1.01. The van der Waals surface area contributed by atoms with Crippen LogP contribution in [0.2, 0.25) is 4.34 Å². The van der Waals surface area contributed by atoms with Crippen LogP contribution in [0.4, 0.5) is 0 Å². The first-order valence-corrected chi connectivity index (χ1v) is 6.03. The minimum atomic E-state index is 0.121. The molecular weight excluding hydrogens is 223 g/mol. The summed E-state index contributed by atoms with van der Waals surface area (Å²) in [5.74, 6) is 0.628. The molecule has 74 valence electrons. The van der Waals surface area contributed by atoms with Gasteiger partial charge >= 0.3 is 0 Å². The Balaban J connectivity index is 2.71. The largest absolute Gasteiger partial charge is 0.127 e. The van der Waals surface area contributed by atoms with Crippen LogP contribution in [0.5, 0.6) is 0 Å². The van der Waals surface area contributed by atoms with Crippen molar-refractivity contribution in [3.63, 3.8) is 0 Å². The molecule has 1 heterocycles. The first-order chi connectivity index (χ1) is 6.00. The molecule has 0 radical (unpaired) electrons. The SMILES string of the molecule is Cc1cc(C(Cl)CC(C)C)sc1Cl. The Morgan fingerprint density at radius 2 is 2.08 bits per heavy atom. The van der Waals surface area contributed by atoms with Crippen molar-refractivity contribution in [1.82, 2.24) is 0 Å². The summed E-state index contributed by atoms with van der Waals surface area (Å²) in [6.45, 7) is 6.37. The van der Waals surface area contributed by atoms with E-state index >= 15 is 0 Å². The van der Waals surface area contributed by atoms with Crippen LogP contribution in [0.1, 0.15) is 36.1 Å². The molecule has 0 aromatic carbocycles. The van der Waals surface area contributed by atoms with E-state index in [-0.39, 0.29) is 5.38 Å². The van der Waals surface area contributed by atoms with Crippen LogP contribution < -0.4 is 0 Å². The van der Waals surface area contributed by atoms with Crippen molar-refractivity contribution < 1.29 is 0 Å². The molecule has 1 aromatic heterocycles. The zero-order valence-electron chi connectivity index (χ0n) is 8.10. The summed E-state index contributed by atoms with van der Waals surface area (Å²) in [5.41, 5.74) is 1.14. The lowest BCUT2D eigenvalue weighted by molar-refractivity contribution is 0.578. The van der Waals surface area contributed by atoms with E-state index in [1.165, 1.54) is 4.88 Å². The maximum Gasteiger partial charge on any atom is 0.0960 e. The first-order valence-electron chi connectivity index (χ1n) is 4.40. The molecule has 13 heavy (non-hydrogen) atoms. The van der Waals surface area contributed by atoms with Gasteiger partial charge < -0.3 is 0 Å². The highest BCUT2D eigenvalue weighted by molar-refractivity contribution is 7.16. The second kappa shape index (κ2) is 4.68. The Hall–Kier alpha value is 0.280. The van der Waals surface area contributed by atoms with Crippen molar-refractivity contribution in [3.05, 3.63) is 20.8 Å². The number of rotatable bonds is 3. The summed E-state index contributed by atoms with van der Waals surface area (Å²) < 4.78 is 0.865. The molecule has 0 saturated carbocycles. The van der Waals surface area contributed by atoms with E-state index in [1.54, 1.807) is 11.3 Å². The van der Waals surface area contributed by atoms with Gasteiger partial charge in [-0.1, -0.05) is 25.4 Å². The second-order valence-electron chi connectivity index (χ2n) is 3.70. The first kappa shape index (κ1) is 11.4. The predicted octanol–water partition coefficient (Wildman–Crippen LogP) is 5.04. The van der Waals surface area contributed by atoms with E-state index in [9.17, 15) is 0 Å². The molecule has 0 spiro atoms. The Kier molecular flexibility index (Phi) is 4.08. The third-order valence-corrected chi connectivity index (χ3v) is 4.07. The Morgan fingerprint density at radius 1 is 1.46 bits per heavy atom. The van der Waals surface area contributed by atoms with Crippen LogP contribution in [0.25, 0.3) is 0 Å². The van der Waals surface area contributed by atoms with E-state index in [1.807, 2.05) is 6.92 Å². The van der Waals surface area contributed by atoms with Crippen LogP contribution in [0.3, 0.4) is 0 Å². The van der Waals surface area contributed by atoms with Crippen LogP contribution in [-0.4, -0.2) is 0 Å². The van der Waals surface area contributed by atoms with Crippen LogP contribution in [0.15, 0.2) is 6.07 Å². The molecule has 0 aliphatic heterocycles. The topological polar surface area (TPSA) is 0 Å². The minimum Gasteiger partial charge on any atom is -0.127 e. The van der Waals surface area contributed by atoms with Gasteiger partial charge in [-0.05, 0) is 30.9 Å². The molecule has 0 aliphatic carbocycles. The number of thiophene rings is 1. The summed E-state index contributed by atoms with van der Waals surface area (Å²) in [6, 6.07) is 2.09. The van der Waals surface area contributed by atoms with Crippen molar-refractivity contribution in [2.24, 2.45) is 5.92 Å². The van der Waals surface area contributed by atoms with Crippen molar-refractivity contribution in [2.45, 2.75) is 32.6 Å². The third-order valence-electron chi connectivity index (χ3n) is 1.86. The molecule has 1 rings (SSSR count). The molecule has 1 aromatic rings. The zero-order chi connectivity index (χ0) is 10.0. The zero-order valence-corrected chi connectivity index (χ0v) is 10.4. The summed E-state index contributed by atoms with van der Waals surface area (Å²) >= 11 is 13.8. The summed E-state index contributed by atoms with van der Waals surface area (Å²) in [5, 5.41) is 0.121. The standard InChI is InChI=1S/C10H14Cl2S/c1-6(2)4-8(11)9-5-7(3)10(12)13-9/h5-6,8H,4H2,1-3H3. The molecule has 1 atom stereocenters. The normalized spacial score (nSPS) is 13.7. The third kappa shape index (κ3) is 3.16. The van der Waals surface area contributed by atoms with Crippen LogP contribution in [0, 0.1) is 12.8 Å².